The summed E-state index contributed by atoms with van der Waals surface area (Å²) in [7, 11) is 0. The number of hydrogen-bond donors (Lipinski definition) is 0. The van der Waals surface area contributed by atoms with Crippen LogP contribution in [-0.4, -0.2) is 41.4 Å². The Hall–Kier alpha value is -1.84. The summed E-state index contributed by atoms with van der Waals surface area (Å²) < 4.78 is 0. The number of nitrogens with zero attached hydrogens (tertiary/aromatic N) is 2. The first-order valence-electron chi connectivity index (χ1n) is 8.57. The summed E-state index contributed by atoms with van der Waals surface area (Å²) in [6.45, 7) is 3.68. The molecule has 1 unspecified atom stereocenters. The Morgan fingerprint density at radius 2 is 1.75 bits per heavy atom. The van der Waals surface area contributed by atoms with Crippen LogP contribution < -0.4 is 0 Å². The summed E-state index contributed by atoms with van der Waals surface area (Å²) >= 11 is 6.18. The third-order valence-corrected chi connectivity index (χ3v) is 5.56. The second-order valence-electron chi connectivity index (χ2n) is 6.66. The highest BCUT2D eigenvalue weighted by molar-refractivity contribution is 6.33. The van der Waals surface area contributed by atoms with E-state index in [-0.39, 0.29) is 5.91 Å². The van der Waals surface area contributed by atoms with Crippen LogP contribution in [0.4, 0.5) is 0 Å². The van der Waals surface area contributed by atoms with Gasteiger partial charge in [-0.1, -0.05) is 48.0 Å². The van der Waals surface area contributed by atoms with Gasteiger partial charge in [0.25, 0.3) is 5.91 Å². The van der Waals surface area contributed by atoms with Crippen LogP contribution in [0.25, 0.3) is 0 Å². The zero-order valence-electron chi connectivity index (χ0n) is 13.6. The molecule has 1 amide bonds. The summed E-state index contributed by atoms with van der Waals surface area (Å²) in [6.07, 6.45) is 2.14. The molecule has 24 heavy (non-hydrogen) atoms. The average Bonchev–Trinajstić information content (AvgIpc) is 3.11. The van der Waals surface area contributed by atoms with Crippen LogP contribution in [0, 0.1) is 0 Å². The third-order valence-electron chi connectivity index (χ3n) is 5.23. The van der Waals surface area contributed by atoms with Gasteiger partial charge in [-0.15, -0.1) is 0 Å². The van der Waals surface area contributed by atoms with E-state index in [0.717, 1.165) is 39.0 Å². The lowest BCUT2D eigenvalue weighted by Crippen LogP contribution is -2.41. The van der Waals surface area contributed by atoms with Crippen LogP contribution >= 0.6 is 11.6 Å². The van der Waals surface area contributed by atoms with Crippen molar-refractivity contribution in [2.75, 3.05) is 19.6 Å². The minimum absolute atomic E-state index is 0.0560. The molecule has 2 aromatic rings. The topological polar surface area (TPSA) is 23.6 Å². The quantitative estimate of drug-likeness (QED) is 0.833. The van der Waals surface area contributed by atoms with E-state index in [4.69, 9.17) is 11.6 Å². The predicted octanol–water partition coefficient (Wildman–Crippen LogP) is 3.61. The van der Waals surface area contributed by atoms with Gasteiger partial charge in [0, 0.05) is 32.2 Å². The molecule has 0 saturated carbocycles. The molecule has 2 aromatic carbocycles. The molecule has 1 saturated heterocycles. The number of halogens is 1. The Balaban J connectivity index is 1.44. The zero-order chi connectivity index (χ0) is 16.5. The summed E-state index contributed by atoms with van der Waals surface area (Å²) in [5.74, 6) is 0.0560. The average molecular weight is 341 g/mol. The van der Waals surface area contributed by atoms with Gasteiger partial charge in [-0.3, -0.25) is 9.69 Å². The van der Waals surface area contributed by atoms with E-state index >= 15 is 0 Å². The Labute approximate surface area is 147 Å². The van der Waals surface area contributed by atoms with Crippen LogP contribution in [0.1, 0.15) is 27.9 Å². The number of benzene rings is 2. The first-order valence-corrected chi connectivity index (χ1v) is 8.95. The lowest BCUT2D eigenvalue weighted by Gasteiger charge is -2.33. The van der Waals surface area contributed by atoms with Gasteiger partial charge in [-0.05, 0) is 36.1 Å². The number of carbonyl (C=O) groups is 1. The molecular formula is C20H21ClN2O. The number of carbonyl (C=O) groups excluding carboxylic acids is 1. The molecule has 4 rings (SSSR count). The highest BCUT2D eigenvalue weighted by atomic mass is 35.5. The Kier molecular flexibility index (Phi) is 4.30. The van der Waals surface area contributed by atoms with E-state index in [9.17, 15) is 4.79 Å². The maximum absolute atomic E-state index is 12.7. The molecule has 0 aliphatic carbocycles. The predicted molar refractivity (Wildman–Crippen MR) is 96.3 cm³/mol. The number of rotatable bonds is 2. The fourth-order valence-corrected chi connectivity index (χ4v) is 4.08. The molecule has 2 heterocycles. The van der Waals surface area contributed by atoms with Crippen molar-refractivity contribution in [3.8, 4) is 0 Å². The molecule has 2 aliphatic rings. The van der Waals surface area contributed by atoms with E-state index in [1.165, 1.54) is 11.1 Å². The molecule has 0 spiro atoms. The molecular weight excluding hydrogens is 320 g/mol. The fraction of sp³-hybridized carbons (Fsp3) is 0.350. The summed E-state index contributed by atoms with van der Waals surface area (Å²) in [6, 6.07) is 16.5. The van der Waals surface area contributed by atoms with E-state index in [1.54, 1.807) is 6.07 Å². The monoisotopic (exact) mass is 340 g/mol. The van der Waals surface area contributed by atoms with E-state index < -0.39 is 0 Å². The van der Waals surface area contributed by atoms with Crippen LogP contribution in [0.3, 0.4) is 0 Å². The van der Waals surface area contributed by atoms with Crippen LogP contribution in [0.5, 0.6) is 0 Å². The number of fused-ring (bicyclic) bond motifs is 1. The van der Waals surface area contributed by atoms with Gasteiger partial charge in [0.2, 0.25) is 0 Å². The molecule has 1 fully saturated rings. The van der Waals surface area contributed by atoms with Gasteiger partial charge in [0.15, 0.2) is 0 Å². The van der Waals surface area contributed by atoms with Gasteiger partial charge in [-0.2, -0.15) is 0 Å². The molecule has 4 heteroatoms. The lowest BCUT2D eigenvalue weighted by atomic mass is 9.98. The first-order chi connectivity index (χ1) is 11.7. The molecule has 0 aromatic heterocycles. The van der Waals surface area contributed by atoms with Crippen molar-refractivity contribution >= 4 is 17.5 Å². The highest BCUT2D eigenvalue weighted by Crippen LogP contribution is 2.26. The van der Waals surface area contributed by atoms with Crippen molar-refractivity contribution in [1.82, 2.24) is 9.80 Å². The Morgan fingerprint density at radius 3 is 2.58 bits per heavy atom. The van der Waals surface area contributed by atoms with Crippen molar-refractivity contribution in [1.29, 1.82) is 0 Å². The van der Waals surface area contributed by atoms with Crippen molar-refractivity contribution in [3.63, 3.8) is 0 Å². The lowest BCUT2D eigenvalue weighted by molar-refractivity contribution is 0.0773. The van der Waals surface area contributed by atoms with Crippen LogP contribution in [-0.2, 0) is 13.0 Å². The summed E-state index contributed by atoms with van der Waals surface area (Å²) in [5, 5.41) is 0.540. The molecule has 1 atom stereocenters. The second-order valence-corrected chi connectivity index (χ2v) is 7.07. The standard InChI is InChI=1S/C20H21ClN2O/c21-19-8-4-3-7-18(19)20(24)23-12-10-17(14-23)22-11-9-15-5-1-2-6-16(15)13-22/h1-8,17H,9-14H2. The van der Waals surface area contributed by atoms with E-state index in [1.807, 2.05) is 23.1 Å². The molecule has 0 radical (unpaired) electrons. The summed E-state index contributed by atoms with van der Waals surface area (Å²) in [4.78, 5) is 17.2. The van der Waals surface area contributed by atoms with Gasteiger partial charge in [0.1, 0.15) is 0 Å². The molecule has 3 nitrogen and oxygen atoms in total. The van der Waals surface area contributed by atoms with E-state index in [0.29, 0.717) is 16.6 Å². The molecule has 2 aliphatic heterocycles. The van der Waals surface area contributed by atoms with Gasteiger partial charge >= 0.3 is 0 Å². The Bertz CT molecular complexity index is 761. The molecule has 124 valence electrons. The Morgan fingerprint density at radius 1 is 1.00 bits per heavy atom. The number of likely N-dealkylation sites (tertiary alicyclic amines) is 1. The van der Waals surface area contributed by atoms with Gasteiger partial charge in [0.05, 0.1) is 10.6 Å². The third kappa shape index (κ3) is 2.94. The largest absolute Gasteiger partial charge is 0.337 e. The highest BCUT2D eigenvalue weighted by Gasteiger charge is 2.32. The summed E-state index contributed by atoms with van der Waals surface area (Å²) in [5.41, 5.74) is 3.51. The second kappa shape index (κ2) is 6.58. The van der Waals surface area contributed by atoms with Gasteiger partial charge in [-0.25, -0.2) is 0 Å². The molecule has 0 bridgehead atoms. The maximum atomic E-state index is 12.7. The van der Waals surface area contributed by atoms with E-state index in [2.05, 4.69) is 29.2 Å². The molecule has 0 N–H and O–H groups in total. The normalized spacial score (nSPS) is 20.9. The number of hydrogen-bond acceptors (Lipinski definition) is 2. The van der Waals surface area contributed by atoms with Crippen molar-refractivity contribution in [3.05, 3.63) is 70.2 Å². The van der Waals surface area contributed by atoms with Crippen LogP contribution in [0.2, 0.25) is 5.02 Å². The SMILES string of the molecule is O=C(c1ccccc1Cl)N1CCC(N2CCc3ccccc3C2)C1. The smallest absolute Gasteiger partial charge is 0.255 e. The zero-order valence-corrected chi connectivity index (χ0v) is 14.4. The van der Waals surface area contributed by atoms with Crippen molar-refractivity contribution in [2.24, 2.45) is 0 Å². The van der Waals surface area contributed by atoms with Crippen molar-refractivity contribution < 1.29 is 4.79 Å². The first kappa shape index (κ1) is 15.7. The van der Waals surface area contributed by atoms with Gasteiger partial charge < -0.3 is 4.90 Å². The minimum Gasteiger partial charge on any atom is -0.337 e. The minimum atomic E-state index is 0.0560. The van der Waals surface area contributed by atoms with Crippen LogP contribution in [0.15, 0.2) is 48.5 Å². The fourth-order valence-electron chi connectivity index (χ4n) is 3.86. The number of amides is 1. The maximum Gasteiger partial charge on any atom is 0.255 e. The van der Waals surface area contributed by atoms with Crippen molar-refractivity contribution in [2.45, 2.75) is 25.4 Å².